The summed E-state index contributed by atoms with van der Waals surface area (Å²) in [7, 11) is 0. The molecule has 0 radical (unpaired) electrons. The van der Waals surface area contributed by atoms with Gasteiger partial charge in [-0.1, -0.05) is 23.7 Å². The third kappa shape index (κ3) is 2.73. The summed E-state index contributed by atoms with van der Waals surface area (Å²) in [6.07, 6.45) is 2.81. The maximum atomic E-state index is 6.04. The van der Waals surface area contributed by atoms with E-state index in [9.17, 15) is 0 Å². The van der Waals surface area contributed by atoms with E-state index in [2.05, 4.69) is 23.5 Å². The Bertz CT molecular complexity index is 318. The molecule has 1 fully saturated rings. The second kappa shape index (κ2) is 4.33. The minimum atomic E-state index is 0.871. The van der Waals surface area contributed by atoms with Crippen LogP contribution in [0.15, 0.2) is 18.2 Å². The first-order valence-corrected chi connectivity index (χ1v) is 5.59. The molecule has 1 N–H and O–H groups in total. The fourth-order valence-electron chi connectivity index (χ4n) is 1.49. The van der Waals surface area contributed by atoms with Crippen molar-refractivity contribution in [2.45, 2.75) is 26.3 Å². The Morgan fingerprint density at radius 3 is 2.86 bits per heavy atom. The summed E-state index contributed by atoms with van der Waals surface area (Å²) in [6.45, 7) is 4.13. The molecule has 1 saturated carbocycles. The maximum absolute atomic E-state index is 6.04. The molecule has 0 unspecified atom stereocenters. The molecule has 0 atom stereocenters. The number of halogens is 1. The van der Waals surface area contributed by atoms with Crippen LogP contribution in [0.1, 0.15) is 24.0 Å². The normalized spacial score (nSPS) is 15.9. The predicted octanol–water partition coefficient (Wildman–Crippen LogP) is 3.15. The van der Waals surface area contributed by atoms with Crippen molar-refractivity contribution in [3.63, 3.8) is 0 Å². The summed E-state index contributed by atoms with van der Waals surface area (Å²) in [5.74, 6) is 0.941. The van der Waals surface area contributed by atoms with E-state index in [1.54, 1.807) is 0 Å². The molecule has 0 spiro atoms. The predicted molar refractivity (Wildman–Crippen MR) is 60.6 cm³/mol. The highest BCUT2D eigenvalue weighted by Gasteiger charge is 2.19. The molecule has 1 aromatic carbocycles. The van der Waals surface area contributed by atoms with Crippen molar-refractivity contribution in [2.75, 3.05) is 6.54 Å². The van der Waals surface area contributed by atoms with Gasteiger partial charge in [-0.25, -0.2) is 0 Å². The number of hydrogen-bond acceptors (Lipinski definition) is 1. The van der Waals surface area contributed by atoms with Gasteiger partial charge in [0.15, 0.2) is 0 Å². The van der Waals surface area contributed by atoms with E-state index in [-0.39, 0.29) is 0 Å². The lowest BCUT2D eigenvalue weighted by atomic mass is 10.1. The Morgan fingerprint density at radius 2 is 2.21 bits per heavy atom. The van der Waals surface area contributed by atoms with Crippen LogP contribution in [0.2, 0.25) is 5.02 Å². The molecule has 76 valence electrons. The van der Waals surface area contributed by atoms with E-state index in [0.29, 0.717) is 0 Å². The molecule has 1 aliphatic carbocycles. The minimum Gasteiger partial charge on any atom is -0.312 e. The van der Waals surface area contributed by atoms with Crippen LogP contribution < -0.4 is 5.32 Å². The zero-order chi connectivity index (χ0) is 9.97. The molecule has 14 heavy (non-hydrogen) atoms. The topological polar surface area (TPSA) is 12.0 Å². The largest absolute Gasteiger partial charge is 0.312 e. The number of aryl methyl sites for hydroxylation is 1. The molecule has 2 heteroatoms. The number of nitrogens with one attached hydrogen (secondary N) is 1. The van der Waals surface area contributed by atoms with Gasteiger partial charge in [0.2, 0.25) is 0 Å². The summed E-state index contributed by atoms with van der Waals surface area (Å²) >= 11 is 6.04. The van der Waals surface area contributed by atoms with Crippen molar-refractivity contribution in [3.05, 3.63) is 34.3 Å². The molecular weight excluding hydrogens is 194 g/mol. The molecule has 1 aliphatic rings. The summed E-state index contributed by atoms with van der Waals surface area (Å²) < 4.78 is 0. The summed E-state index contributed by atoms with van der Waals surface area (Å²) in [4.78, 5) is 0. The average molecular weight is 210 g/mol. The lowest BCUT2D eigenvalue weighted by molar-refractivity contribution is 0.638. The standard InChI is InChI=1S/C12H16ClN/c1-9-2-3-11(6-12(9)13)8-14-7-10-4-5-10/h2-3,6,10,14H,4-5,7-8H2,1H3. The molecule has 0 aromatic heterocycles. The van der Waals surface area contributed by atoms with E-state index >= 15 is 0 Å². The first kappa shape index (κ1) is 10.0. The van der Waals surface area contributed by atoms with Crippen LogP contribution in [0.3, 0.4) is 0 Å². The van der Waals surface area contributed by atoms with E-state index in [4.69, 9.17) is 11.6 Å². The Labute approximate surface area is 90.5 Å². The van der Waals surface area contributed by atoms with Gasteiger partial charge < -0.3 is 5.32 Å². The molecule has 0 saturated heterocycles. The summed E-state index contributed by atoms with van der Waals surface area (Å²) in [6, 6.07) is 6.27. The number of hydrogen-bond donors (Lipinski definition) is 1. The third-order valence-corrected chi connectivity index (χ3v) is 3.10. The van der Waals surface area contributed by atoms with Crippen LogP contribution in [-0.4, -0.2) is 6.54 Å². The van der Waals surface area contributed by atoms with Crippen LogP contribution in [-0.2, 0) is 6.54 Å². The summed E-state index contributed by atoms with van der Waals surface area (Å²) in [5.41, 5.74) is 2.43. The SMILES string of the molecule is Cc1ccc(CNCC2CC2)cc1Cl. The first-order valence-electron chi connectivity index (χ1n) is 5.21. The fourth-order valence-corrected chi connectivity index (χ4v) is 1.69. The fraction of sp³-hybridized carbons (Fsp3) is 0.500. The highest BCUT2D eigenvalue weighted by molar-refractivity contribution is 6.31. The van der Waals surface area contributed by atoms with Gasteiger partial charge in [-0.2, -0.15) is 0 Å². The molecule has 1 aromatic rings. The zero-order valence-corrected chi connectivity index (χ0v) is 9.27. The maximum Gasteiger partial charge on any atom is 0.0438 e. The van der Waals surface area contributed by atoms with Crippen molar-refractivity contribution in [3.8, 4) is 0 Å². The average Bonchev–Trinajstić information content (AvgIpc) is 2.95. The molecular formula is C12H16ClN. The van der Waals surface area contributed by atoms with Crippen LogP contribution in [0.5, 0.6) is 0 Å². The molecule has 0 amide bonds. The van der Waals surface area contributed by atoms with Gasteiger partial charge in [-0.3, -0.25) is 0 Å². The quantitative estimate of drug-likeness (QED) is 0.804. The van der Waals surface area contributed by atoms with Gasteiger partial charge in [0, 0.05) is 11.6 Å². The van der Waals surface area contributed by atoms with Gasteiger partial charge in [-0.15, -0.1) is 0 Å². The van der Waals surface area contributed by atoms with Crippen LogP contribution in [0, 0.1) is 12.8 Å². The smallest absolute Gasteiger partial charge is 0.0438 e. The van der Waals surface area contributed by atoms with Crippen LogP contribution >= 0.6 is 11.6 Å². The Morgan fingerprint density at radius 1 is 1.43 bits per heavy atom. The third-order valence-electron chi connectivity index (χ3n) is 2.70. The van der Waals surface area contributed by atoms with Gasteiger partial charge in [0.25, 0.3) is 0 Å². The van der Waals surface area contributed by atoms with Gasteiger partial charge in [-0.05, 0) is 49.4 Å². The Hall–Kier alpha value is -0.530. The number of benzene rings is 1. The second-order valence-electron chi connectivity index (χ2n) is 4.16. The van der Waals surface area contributed by atoms with Crippen LogP contribution in [0.4, 0.5) is 0 Å². The van der Waals surface area contributed by atoms with Gasteiger partial charge in [0.1, 0.15) is 0 Å². The first-order chi connectivity index (χ1) is 6.75. The van der Waals surface area contributed by atoms with Crippen molar-refractivity contribution >= 4 is 11.6 Å². The van der Waals surface area contributed by atoms with Crippen molar-refractivity contribution in [2.24, 2.45) is 5.92 Å². The minimum absolute atomic E-state index is 0.871. The molecule has 1 nitrogen and oxygen atoms in total. The van der Waals surface area contributed by atoms with Gasteiger partial charge in [0.05, 0.1) is 0 Å². The van der Waals surface area contributed by atoms with Gasteiger partial charge >= 0.3 is 0 Å². The van der Waals surface area contributed by atoms with E-state index < -0.39 is 0 Å². The molecule has 0 heterocycles. The molecule has 0 aliphatic heterocycles. The monoisotopic (exact) mass is 209 g/mol. The molecule has 0 bridgehead atoms. The highest BCUT2D eigenvalue weighted by Crippen LogP contribution is 2.27. The van der Waals surface area contributed by atoms with E-state index in [0.717, 1.165) is 29.6 Å². The highest BCUT2D eigenvalue weighted by atomic mass is 35.5. The van der Waals surface area contributed by atoms with Crippen molar-refractivity contribution < 1.29 is 0 Å². The summed E-state index contributed by atoms with van der Waals surface area (Å²) in [5, 5.41) is 4.32. The molecule has 2 rings (SSSR count). The second-order valence-corrected chi connectivity index (χ2v) is 4.57. The zero-order valence-electron chi connectivity index (χ0n) is 8.52. The lowest BCUT2D eigenvalue weighted by Crippen LogP contribution is -2.15. The van der Waals surface area contributed by atoms with E-state index in [1.807, 2.05) is 6.92 Å². The van der Waals surface area contributed by atoms with Crippen molar-refractivity contribution in [1.29, 1.82) is 0 Å². The van der Waals surface area contributed by atoms with Crippen molar-refractivity contribution in [1.82, 2.24) is 5.32 Å². The van der Waals surface area contributed by atoms with Crippen LogP contribution in [0.25, 0.3) is 0 Å². The number of rotatable bonds is 4. The Kier molecular flexibility index (Phi) is 3.09. The lowest BCUT2D eigenvalue weighted by Gasteiger charge is -2.05. The Balaban J connectivity index is 1.85. The van der Waals surface area contributed by atoms with E-state index in [1.165, 1.54) is 18.4 Å².